The molecule has 0 unspecified atom stereocenters. The number of carboxylic acid groups (broad SMARTS) is 1. The number of aromatic nitrogens is 6. The van der Waals surface area contributed by atoms with E-state index in [4.69, 9.17) is 0 Å². The van der Waals surface area contributed by atoms with E-state index in [-0.39, 0.29) is 44.5 Å². The van der Waals surface area contributed by atoms with Gasteiger partial charge in [-0.2, -0.15) is 9.37 Å². The summed E-state index contributed by atoms with van der Waals surface area (Å²) in [5.74, 6) is -3.14. The van der Waals surface area contributed by atoms with Gasteiger partial charge in [0.1, 0.15) is 11.5 Å². The van der Waals surface area contributed by atoms with Gasteiger partial charge in [-0.05, 0) is 25.1 Å². The molecule has 0 aliphatic rings. The Balaban J connectivity index is 1.86. The third-order valence-electron chi connectivity index (χ3n) is 5.44. The van der Waals surface area contributed by atoms with Crippen LogP contribution in [0.3, 0.4) is 0 Å². The molecule has 0 saturated carbocycles. The van der Waals surface area contributed by atoms with E-state index in [0.717, 1.165) is 17.0 Å². The summed E-state index contributed by atoms with van der Waals surface area (Å²) in [6, 6.07) is 5.20. The number of hydrogen-bond donors (Lipinski definition) is 3. The van der Waals surface area contributed by atoms with Gasteiger partial charge in [0.15, 0.2) is 5.65 Å². The average molecular weight is 464 g/mol. The van der Waals surface area contributed by atoms with Crippen LogP contribution < -0.4 is 11.1 Å². The third-order valence-corrected chi connectivity index (χ3v) is 5.44. The van der Waals surface area contributed by atoms with Gasteiger partial charge < -0.3 is 19.6 Å². The number of carboxylic acids is 1. The lowest BCUT2D eigenvalue weighted by atomic mass is 10.1. The molecular formula is C22H14F2N6O4. The third kappa shape index (κ3) is 3.23. The number of nitrogens with one attached hydrogen (secondary N) is 2. The predicted octanol–water partition coefficient (Wildman–Crippen LogP) is 2.36. The van der Waals surface area contributed by atoms with E-state index in [1.807, 2.05) is 0 Å². The number of rotatable bonds is 4. The maximum absolute atomic E-state index is 14.8. The van der Waals surface area contributed by atoms with Gasteiger partial charge in [-0.1, -0.05) is 0 Å². The van der Waals surface area contributed by atoms with Gasteiger partial charge in [-0.3, -0.25) is 9.59 Å². The van der Waals surface area contributed by atoms with Crippen molar-refractivity contribution in [2.24, 2.45) is 0 Å². The number of carbonyl (C=O) groups is 1. The molecule has 5 rings (SSSR count). The van der Waals surface area contributed by atoms with E-state index in [0.29, 0.717) is 0 Å². The van der Waals surface area contributed by atoms with Crippen molar-refractivity contribution in [1.82, 2.24) is 29.5 Å². The number of pyridine rings is 3. The van der Waals surface area contributed by atoms with Gasteiger partial charge in [0.2, 0.25) is 5.95 Å². The number of fused-ring (bicyclic) bond motifs is 2. The van der Waals surface area contributed by atoms with Crippen LogP contribution in [0.1, 0.15) is 21.7 Å². The van der Waals surface area contributed by atoms with Crippen LogP contribution in [0.2, 0.25) is 0 Å². The Morgan fingerprint density at radius 3 is 2.68 bits per heavy atom. The molecule has 12 heteroatoms. The number of H-pyrrole nitrogens is 2. The van der Waals surface area contributed by atoms with Crippen LogP contribution in [-0.2, 0) is 6.54 Å². The lowest BCUT2D eigenvalue weighted by Gasteiger charge is -2.10. The van der Waals surface area contributed by atoms with E-state index in [9.17, 15) is 28.3 Å². The number of aromatic carboxylic acids is 1. The smallest absolute Gasteiger partial charge is 0.353 e. The fraction of sp³-hybridized carbons (Fsp3) is 0.0909. The molecule has 0 fully saturated rings. The second kappa shape index (κ2) is 7.69. The maximum Gasteiger partial charge on any atom is 0.353 e. The molecule has 0 aliphatic heterocycles. The Morgan fingerprint density at radius 2 is 1.94 bits per heavy atom. The van der Waals surface area contributed by atoms with E-state index in [2.05, 4.69) is 24.9 Å². The van der Waals surface area contributed by atoms with Crippen LogP contribution >= 0.6 is 0 Å². The summed E-state index contributed by atoms with van der Waals surface area (Å²) in [5.41, 5.74) is -1.77. The molecule has 3 N–H and O–H groups in total. The Labute approximate surface area is 187 Å². The first kappa shape index (κ1) is 21.1. The minimum absolute atomic E-state index is 0.0000824. The molecule has 0 atom stereocenters. The van der Waals surface area contributed by atoms with Crippen LogP contribution in [0.25, 0.3) is 33.2 Å². The highest BCUT2D eigenvalue weighted by molar-refractivity contribution is 6.06. The van der Waals surface area contributed by atoms with Crippen molar-refractivity contribution in [3.63, 3.8) is 0 Å². The first-order valence-electron chi connectivity index (χ1n) is 9.89. The first-order valence-corrected chi connectivity index (χ1v) is 9.89. The number of hydrogen-bond acceptors (Lipinski definition) is 6. The highest BCUT2D eigenvalue weighted by Gasteiger charge is 2.28. The second-order valence-electron chi connectivity index (χ2n) is 7.49. The summed E-state index contributed by atoms with van der Waals surface area (Å²) in [5, 5.41) is 10.1. The van der Waals surface area contributed by atoms with Crippen molar-refractivity contribution in [3.05, 3.63) is 86.2 Å². The van der Waals surface area contributed by atoms with E-state index in [1.54, 1.807) is 0 Å². The molecule has 10 nitrogen and oxygen atoms in total. The van der Waals surface area contributed by atoms with Crippen molar-refractivity contribution in [2.75, 3.05) is 0 Å². The summed E-state index contributed by atoms with van der Waals surface area (Å²) < 4.78 is 30.5. The Kier molecular flexibility index (Phi) is 4.78. The molecule has 5 aromatic rings. The summed E-state index contributed by atoms with van der Waals surface area (Å²) in [4.78, 5) is 53.6. The maximum atomic E-state index is 14.8. The summed E-state index contributed by atoms with van der Waals surface area (Å²) >= 11 is 0. The summed E-state index contributed by atoms with van der Waals surface area (Å²) in [7, 11) is 0. The molecule has 0 radical (unpaired) electrons. The lowest BCUT2D eigenvalue weighted by molar-refractivity contribution is 0.0687. The Hall–Kier alpha value is -4.74. The Bertz CT molecular complexity index is 1750. The van der Waals surface area contributed by atoms with Gasteiger partial charge in [0, 0.05) is 23.4 Å². The van der Waals surface area contributed by atoms with Gasteiger partial charge in [-0.15, -0.1) is 0 Å². The quantitative estimate of drug-likeness (QED) is 0.346. The zero-order valence-electron chi connectivity index (χ0n) is 17.4. The molecule has 0 spiro atoms. The van der Waals surface area contributed by atoms with Gasteiger partial charge >= 0.3 is 5.97 Å². The number of aryl methyl sites for hydroxylation is 1. The average Bonchev–Trinajstić information content (AvgIpc) is 3.08. The molecule has 0 saturated heterocycles. The van der Waals surface area contributed by atoms with Crippen LogP contribution in [0.5, 0.6) is 0 Å². The van der Waals surface area contributed by atoms with Gasteiger partial charge in [-0.25, -0.2) is 19.2 Å². The summed E-state index contributed by atoms with van der Waals surface area (Å²) in [6.07, 6.45) is 2.46. The van der Waals surface area contributed by atoms with Crippen molar-refractivity contribution in [1.29, 1.82) is 0 Å². The number of aromatic amines is 2. The molecule has 0 bridgehead atoms. The largest absolute Gasteiger partial charge is 0.477 e. The normalized spacial score (nSPS) is 11.4. The van der Waals surface area contributed by atoms with Crippen molar-refractivity contribution in [3.8, 4) is 11.1 Å². The fourth-order valence-corrected chi connectivity index (χ4v) is 3.89. The van der Waals surface area contributed by atoms with Crippen molar-refractivity contribution < 1.29 is 18.7 Å². The zero-order chi connectivity index (χ0) is 24.1. The van der Waals surface area contributed by atoms with E-state index in [1.165, 1.54) is 31.3 Å². The molecule has 5 heterocycles. The molecule has 170 valence electrons. The fourth-order valence-electron chi connectivity index (χ4n) is 3.89. The number of nitrogens with zero attached hydrogens (tertiary/aromatic N) is 4. The molecule has 0 aromatic carbocycles. The standard InChI is InChI=1S/C22H14F2N6O4/c1-9-13(23)6-14-16(28-9)15(11-3-2-4-25-20(11)31)17(22(33)34)30(14)7-10-5-12-19(29-18(10)24)26-8-27-21(12)32/h2-6,8H,7H2,1H3,(H,25,31)(H,33,34)(H,26,27,29,32). The van der Waals surface area contributed by atoms with Crippen LogP contribution in [-0.4, -0.2) is 40.6 Å². The van der Waals surface area contributed by atoms with Crippen molar-refractivity contribution in [2.45, 2.75) is 13.5 Å². The Morgan fingerprint density at radius 1 is 1.15 bits per heavy atom. The second-order valence-corrected chi connectivity index (χ2v) is 7.49. The SMILES string of the molecule is Cc1nc2c(-c3ccc[nH]c3=O)c(C(=O)O)n(Cc3cc4c(=O)[nH]cnc4nc3F)c2cc1F. The summed E-state index contributed by atoms with van der Waals surface area (Å²) in [6.45, 7) is 0.966. The molecule has 34 heavy (non-hydrogen) atoms. The van der Waals surface area contributed by atoms with E-state index < -0.39 is 41.1 Å². The van der Waals surface area contributed by atoms with Gasteiger partial charge in [0.05, 0.1) is 40.5 Å². The predicted molar refractivity (Wildman–Crippen MR) is 117 cm³/mol. The zero-order valence-corrected chi connectivity index (χ0v) is 17.4. The molecule has 5 aromatic heterocycles. The monoisotopic (exact) mass is 464 g/mol. The first-order chi connectivity index (χ1) is 16.3. The molecule has 0 aliphatic carbocycles. The molecule has 0 amide bonds. The van der Waals surface area contributed by atoms with Crippen LogP contribution in [0.4, 0.5) is 8.78 Å². The highest BCUT2D eigenvalue weighted by atomic mass is 19.1. The minimum atomic E-state index is -1.44. The molecular weight excluding hydrogens is 450 g/mol. The van der Waals surface area contributed by atoms with Crippen LogP contribution in [0, 0.1) is 18.7 Å². The topological polar surface area (TPSA) is 147 Å². The van der Waals surface area contributed by atoms with E-state index >= 15 is 0 Å². The lowest BCUT2D eigenvalue weighted by Crippen LogP contribution is -2.15. The minimum Gasteiger partial charge on any atom is -0.477 e. The van der Waals surface area contributed by atoms with Crippen molar-refractivity contribution >= 4 is 28.0 Å². The number of halogens is 2. The van der Waals surface area contributed by atoms with Gasteiger partial charge in [0.25, 0.3) is 11.1 Å². The highest BCUT2D eigenvalue weighted by Crippen LogP contribution is 2.34. The van der Waals surface area contributed by atoms with Crippen LogP contribution in [0.15, 0.2) is 46.4 Å².